The molecule has 37 heavy (non-hydrogen) atoms. The van der Waals surface area contributed by atoms with Gasteiger partial charge in [0.05, 0.1) is 19.3 Å². The molecule has 0 amide bonds. The van der Waals surface area contributed by atoms with Crippen LogP contribution in [0.4, 0.5) is 22.0 Å². The van der Waals surface area contributed by atoms with Gasteiger partial charge in [-0.05, 0) is 68.9 Å². The van der Waals surface area contributed by atoms with E-state index in [1.165, 1.54) is 24.3 Å². The van der Waals surface area contributed by atoms with Crippen LogP contribution in [0.3, 0.4) is 0 Å². The number of benzene rings is 3. The summed E-state index contributed by atoms with van der Waals surface area (Å²) in [5.41, 5.74) is 0.828. The smallest absolute Gasteiger partial charge is 0.201 e. The van der Waals surface area contributed by atoms with E-state index in [0.717, 1.165) is 12.0 Å². The molecule has 2 unspecified atom stereocenters. The highest BCUT2D eigenvalue weighted by atomic mass is 19.2. The van der Waals surface area contributed by atoms with Crippen molar-refractivity contribution >= 4 is 6.08 Å². The van der Waals surface area contributed by atoms with Crippen LogP contribution < -0.4 is 4.74 Å². The van der Waals surface area contributed by atoms with Crippen molar-refractivity contribution < 1.29 is 31.4 Å². The molecule has 4 rings (SSSR count). The number of aryl methyl sites for hydroxylation is 1. The van der Waals surface area contributed by atoms with Crippen molar-refractivity contribution in [2.75, 3.05) is 13.2 Å². The Balaban J connectivity index is 1.39. The predicted octanol–water partition coefficient (Wildman–Crippen LogP) is 8.38. The minimum absolute atomic E-state index is 0.0725. The molecule has 0 radical (unpaired) electrons. The summed E-state index contributed by atoms with van der Waals surface area (Å²) < 4.78 is 83.7. The summed E-state index contributed by atoms with van der Waals surface area (Å²) in [6.07, 6.45) is 5.57. The Kier molecular flexibility index (Phi) is 8.64. The molecule has 3 aromatic rings. The maximum Gasteiger partial charge on any atom is 0.201 e. The predicted molar refractivity (Wildman–Crippen MR) is 134 cm³/mol. The molecule has 1 aliphatic heterocycles. The summed E-state index contributed by atoms with van der Waals surface area (Å²) in [6.45, 7) is 4.02. The molecular formula is C30H29F5O2. The van der Waals surface area contributed by atoms with Gasteiger partial charge in [-0.15, -0.1) is 0 Å². The third-order valence-corrected chi connectivity index (χ3v) is 6.75. The second-order valence-corrected chi connectivity index (χ2v) is 9.12. The summed E-state index contributed by atoms with van der Waals surface area (Å²) in [7, 11) is 0. The van der Waals surface area contributed by atoms with Crippen LogP contribution >= 0.6 is 0 Å². The normalized spacial score (nSPS) is 17.9. The lowest BCUT2D eigenvalue weighted by molar-refractivity contribution is -0.000710. The zero-order valence-electron chi connectivity index (χ0n) is 20.8. The summed E-state index contributed by atoms with van der Waals surface area (Å²) in [5, 5.41) is 0. The van der Waals surface area contributed by atoms with Gasteiger partial charge < -0.3 is 9.47 Å². The number of rotatable bonds is 8. The lowest BCUT2D eigenvalue weighted by Gasteiger charge is -2.29. The zero-order valence-corrected chi connectivity index (χ0v) is 20.8. The van der Waals surface area contributed by atoms with Crippen molar-refractivity contribution in [3.05, 3.63) is 94.3 Å². The van der Waals surface area contributed by atoms with Gasteiger partial charge in [-0.1, -0.05) is 36.4 Å². The van der Waals surface area contributed by atoms with Crippen molar-refractivity contribution in [1.82, 2.24) is 0 Å². The molecule has 3 aromatic carbocycles. The minimum atomic E-state index is -1.29. The van der Waals surface area contributed by atoms with E-state index < -0.39 is 23.3 Å². The average Bonchev–Trinajstić information content (AvgIpc) is 2.90. The molecule has 196 valence electrons. The molecule has 0 aromatic heterocycles. The number of hydrogen-bond donors (Lipinski definition) is 0. The van der Waals surface area contributed by atoms with Crippen LogP contribution in [-0.4, -0.2) is 19.3 Å². The Hall–Kier alpha value is -3.19. The van der Waals surface area contributed by atoms with E-state index in [-0.39, 0.29) is 53.3 Å². The lowest BCUT2D eigenvalue weighted by atomic mass is 9.89. The van der Waals surface area contributed by atoms with Gasteiger partial charge in [0.15, 0.2) is 23.2 Å². The molecule has 1 saturated heterocycles. The fourth-order valence-corrected chi connectivity index (χ4v) is 4.72. The molecule has 0 N–H and O–H groups in total. The maximum absolute atomic E-state index is 14.9. The first kappa shape index (κ1) is 26.9. The van der Waals surface area contributed by atoms with Gasteiger partial charge in [0.2, 0.25) is 5.82 Å². The van der Waals surface area contributed by atoms with Crippen LogP contribution in [0.1, 0.15) is 55.7 Å². The molecule has 0 bridgehead atoms. The quantitative estimate of drug-likeness (QED) is 0.280. The second kappa shape index (κ2) is 11.9. The van der Waals surface area contributed by atoms with Gasteiger partial charge >= 0.3 is 0 Å². The van der Waals surface area contributed by atoms with Gasteiger partial charge in [-0.3, -0.25) is 0 Å². The maximum atomic E-state index is 14.9. The van der Waals surface area contributed by atoms with Gasteiger partial charge in [-0.2, -0.15) is 4.39 Å². The van der Waals surface area contributed by atoms with E-state index in [2.05, 4.69) is 0 Å². The van der Waals surface area contributed by atoms with E-state index >= 15 is 0 Å². The van der Waals surface area contributed by atoms with Gasteiger partial charge in [-0.25, -0.2) is 17.6 Å². The molecule has 0 spiro atoms. The number of halogens is 5. The average molecular weight is 517 g/mol. The monoisotopic (exact) mass is 516 g/mol. The summed E-state index contributed by atoms with van der Waals surface area (Å²) in [5.74, 6) is -5.34. The summed E-state index contributed by atoms with van der Waals surface area (Å²) in [6, 6.07) is 10.2. The molecule has 2 nitrogen and oxygen atoms in total. The van der Waals surface area contributed by atoms with E-state index in [0.29, 0.717) is 25.0 Å². The first-order valence-corrected chi connectivity index (χ1v) is 12.5. The third kappa shape index (κ3) is 5.87. The number of hydrogen-bond acceptors (Lipinski definition) is 2. The van der Waals surface area contributed by atoms with Crippen molar-refractivity contribution in [3.63, 3.8) is 0 Å². The highest BCUT2D eigenvalue weighted by molar-refractivity contribution is 5.66. The summed E-state index contributed by atoms with van der Waals surface area (Å²) in [4.78, 5) is 0. The van der Waals surface area contributed by atoms with Gasteiger partial charge in [0, 0.05) is 22.6 Å². The van der Waals surface area contributed by atoms with Crippen LogP contribution in [0.15, 0.2) is 48.5 Å². The molecule has 0 saturated carbocycles. The molecule has 1 fully saturated rings. The third-order valence-electron chi connectivity index (χ3n) is 6.75. The van der Waals surface area contributed by atoms with Crippen LogP contribution in [0.25, 0.3) is 17.2 Å². The SMILES string of the molecule is CC=Cc1ccc(C2CCC(CCc3ccc(-c4ccc(OCC)c(F)c4F)c(F)c3F)OC2)cc1F. The Morgan fingerprint density at radius 2 is 1.62 bits per heavy atom. The summed E-state index contributed by atoms with van der Waals surface area (Å²) >= 11 is 0. The largest absolute Gasteiger partial charge is 0.491 e. The van der Waals surface area contributed by atoms with E-state index in [9.17, 15) is 22.0 Å². The van der Waals surface area contributed by atoms with Crippen molar-refractivity contribution in [1.29, 1.82) is 0 Å². The van der Waals surface area contributed by atoms with Crippen molar-refractivity contribution in [3.8, 4) is 16.9 Å². The van der Waals surface area contributed by atoms with E-state index in [1.807, 2.05) is 13.0 Å². The van der Waals surface area contributed by atoms with E-state index in [1.54, 1.807) is 31.2 Å². The fraction of sp³-hybridized carbons (Fsp3) is 0.333. The highest BCUT2D eigenvalue weighted by Crippen LogP contribution is 2.34. The standard InChI is InChI=1S/C30H29F5O2/c1-3-5-18-6-7-20(16-25(18)31)21-9-12-22(37-17-21)11-8-19-10-13-23(28(33)27(19)32)24-14-15-26(36-4-2)30(35)29(24)34/h3,5-7,10,13-16,21-22H,4,8-9,11-12,17H2,1-2H3. The molecular weight excluding hydrogens is 487 g/mol. The Labute approximate surface area is 213 Å². The fourth-order valence-electron chi connectivity index (χ4n) is 4.72. The molecule has 1 heterocycles. The lowest BCUT2D eigenvalue weighted by Crippen LogP contribution is -2.25. The van der Waals surface area contributed by atoms with Gasteiger partial charge in [0.25, 0.3) is 0 Å². The van der Waals surface area contributed by atoms with Crippen molar-refractivity contribution in [2.45, 2.75) is 51.6 Å². The Morgan fingerprint density at radius 1 is 0.892 bits per heavy atom. The van der Waals surface area contributed by atoms with Crippen molar-refractivity contribution in [2.24, 2.45) is 0 Å². The minimum Gasteiger partial charge on any atom is -0.491 e. The number of ether oxygens (including phenoxy) is 2. The zero-order chi connectivity index (χ0) is 26.5. The van der Waals surface area contributed by atoms with Crippen LogP contribution in [0.2, 0.25) is 0 Å². The second-order valence-electron chi connectivity index (χ2n) is 9.12. The molecule has 7 heteroatoms. The first-order chi connectivity index (χ1) is 17.8. The van der Waals surface area contributed by atoms with Crippen LogP contribution in [-0.2, 0) is 11.2 Å². The van der Waals surface area contributed by atoms with Gasteiger partial charge in [0.1, 0.15) is 5.82 Å². The number of allylic oxidation sites excluding steroid dienone is 1. The Morgan fingerprint density at radius 3 is 2.27 bits per heavy atom. The molecule has 2 atom stereocenters. The van der Waals surface area contributed by atoms with E-state index in [4.69, 9.17) is 9.47 Å². The van der Waals surface area contributed by atoms with Crippen LogP contribution in [0.5, 0.6) is 5.75 Å². The first-order valence-electron chi connectivity index (χ1n) is 12.5. The molecule has 1 aliphatic rings. The Bertz CT molecular complexity index is 1280. The highest BCUT2D eigenvalue weighted by Gasteiger charge is 2.25. The van der Waals surface area contributed by atoms with Crippen LogP contribution in [0, 0.1) is 29.1 Å². The topological polar surface area (TPSA) is 18.5 Å². The molecule has 0 aliphatic carbocycles.